The molecular formula is C18H14N2O4. The maximum absolute atomic E-state index is 12.9. The lowest BCUT2D eigenvalue weighted by Crippen LogP contribution is -2.28. The van der Waals surface area contributed by atoms with Crippen molar-refractivity contribution in [3.05, 3.63) is 59.8 Å². The van der Waals surface area contributed by atoms with Gasteiger partial charge in [-0.15, -0.1) is 0 Å². The van der Waals surface area contributed by atoms with E-state index in [4.69, 9.17) is 4.84 Å². The van der Waals surface area contributed by atoms with E-state index in [0.717, 1.165) is 21.0 Å². The van der Waals surface area contributed by atoms with E-state index in [1.165, 1.54) is 11.8 Å². The summed E-state index contributed by atoms with van der Waals surface area (Å²) in [5, 5.41) is 14.4. The number of nitrogens with zero attached hydrogens (tertiary/aromatic N) is 2. The van der Waals surface area contributed by atoms with Crippen LogP contribution in [0.3, 0.4) is 0 Å². The fourth-order valence-electron chi connectivity index (χ4n) is 2.93. The Hall–Kier alpha value is -3.28. The Morgan fingerprint density at radius 2 is 1.88 bits per heavy atom. The number of hydrogen-bond donors (Lipinski definition) is 0. The van der Waals surface area contributed by atoms with E-state index in [9.17, 15) is 10.0 Å². The van der Waals surface area contributed by atoms with Crippen LogP contribution in [0.2, 0.25) is 0 Å². The van der Waals surface area contributed by atoms with E-state index < -0.39 is 5.97 Å². The number of hydrogen-bond acceptors (Lipinski definition) is 4. The normalized spacial score (nSPS) is 11.2. The van der Waals surface area contributed by atoms with Crippen LogP contribution >= 0.6 is 0 Å². The molecule has 0 aliphatic carbocycles. The van der Waals surface area contributed by atoms with Gasteiger partial charge in [-0.1, -0.05) is 24.3 Å². The number of benzene rings is 2. The minimum absolute atomic E-state index is 0.240. The van der Waals surface area contributed by atoms with Gasteiger partial charge in [0.2, 0.25) is 12.1 Å². The summed E-state index contributed by atoms with van der Waals surface area (Å²) in [5.74, 6) is -0.489. The van der Waals surface area contributed by atoms with E-state index in [0.29, 0.717) is 16.6 Å². The van der Waals surface area contributed by atoms with Gasteiger partial charge < -0.3 is 14.8 Å². The Balaban J connectivity index is 2.06. The Morgan fingerprint density at radius 3 is 2.71 bits per heavy atom. The summed E-state index contributed by atoms with van der Waals surface area (Å²) in [7, 11) is 1.30. The minimum Gasteiger partial charge on any atom is -0.618 e. The van der Waals surface area contributed by atoms with Crippen molar-refractivity contribution in [1.29, 1.82) is 0 Å². The van der Waals surface area contributed by atoms with Crippen molar-refractivity contribution in [1.82, 2.24) is 4.73 Å². The van der Waals surface area contributed by atoms with Crippen LogP contribution < -0.4 is 9.57 Å². The molecule has 24 heavy (non-hydrogen) atoms. The molecule has 0 spiro atoms. The Bertz CT molecular complexity index is 1080. The van der Waals surface area contributed by atoms with Crippen LogP contribution in [0.5, 0.6) is 0 Å². The van der Waals surface area contributed by atoms with Crippen molar-refractivity contribution < 1.29 is 19.1 Å². The lowest BCUT2D eigenvalue weighted by atomic mass is 10.2. The first-order valence-corrected chi connectivity index (χ1v) is 7.45. The molecule has 6 nitrogen and oxygen atoms in total. The predicted molar refractivity (Wildman–Crippen MR) is 89.4 cm³/mol. The highest BCUT2D eigenvalue weighted by Crippen LogP contribution is 2.28. The molecule has 4 rings (SSSR count). The second kappa shape index (κ2) is 5.42. The van der Waals surface area contributed by atoms with E-state index in [-0.39, 0.29) is 6.61 Å². The Kier molecular flexibility index (Phi) is 3.23. The molecule has 0 atom stereocenters. The summed E-state index contributed by atoms with van der Waals surface area (Å²) in [5.41, 5.74) is 2.42. The zero-order valence-corrected chi connectivity index (χ0v) is 12.9. The molecule has 0 fully saturated rings. The molecule has 0 amide bonds. The van der Waals surface area contributed by atoms with Gasteiger partial charge in [0.25, 0.3) is 5.52 Å². The number of para-hydroxylation sites is 2. The Morgan fingerprint density at radius 1 is 1.12 bits per heavy atom. The minimum atomic E-state index is -0.489. The molecule has 0 saturated heterocycles. The largest absolute Gasteiger partial charge is 0.618 e. The molecule has 4 aromatic rings. The molecule has 0 aliphatic rings. The van der Waals surface area contributed by atoms with Crippen LogP contribution in [0, 0.1) is 5.21 Å². The number of aromatic nitrogens is 2. The van der Waals surface area contributed by atoms with Gasteiger partial charge in [0.15, 0.2) is 5.52 Å². The molecule has 120 valence electrons. The standard InChI is InChI=1S/C18H14N2O4/c1-23-17(21)11-24-20-15-9-5-3-7-13(15)18-16(20)10-12-6-2-4-8-14(12)19(18)22/h2-10H,11H2,1H3. The average Bonchev–Trinajstić information content (AvgIpc) is 2.93. The molecule has 2 heterocycles. The smallest absolute Gasteiger partial charge is 0.346 e. The van der Waals surface area contributed by atoms with Crippen molar-refractivity contribution in [3.8, 4) is 0 Å². The molecule has 0 N–H and O–H groups in total. The molecule has 0 radical (unpaired) electrons. The summed E-state index contributed by atoms with van der Waals surface area (Å²) in [4.78, 5) is 17.1. The van der Waals surface area contributed by atoms with Gasteiger partial charge in [-0.25, -0.2) is 4.79 Å². The van der Waals surface area contributed by atoms with Gasteiger partial charge in [0.1, 0.15) is 0 Å². The van der Waals surface area contributed by atoms with Crippen molar-refractivity contribution in [2.24, 2.45) is 0 Å². The van der Waals surface area contributed by atoms with E-state index >= 15 is 0 Å². The van der Waals surface area contributed by atoms with Crippen LogP contribution in [0.4, 0.5) is 0 Å². The predicted octanol–water partition coefficient (Wildman–Crippen LogP) is 2.18. The fraction of sp³-hybridized carbons (Fsp3) is 0.111. The van der Waals surface area contributed by atoms with Crippen molar-refractivity contribution in [2.75, 3.05) is 13.7 Å². The van der Waals surface area contributed by atoms with E-state index in [1.54, 1.807) is 6.07 Å². The summed E-state index contributed by atoms with van der Waals surface area (Å²) in [6.45, 7) is -0.240. The highest BCUT2D eigenvalue weighted by Gasteiger charge is 2.21. The van der Waals surface area contributed by atoms with E-state index in [2.05, 4.69) is 4.74 Å². The number of rotatable bonds is 3. The second-order valence-electron chi connectivity index (χ2n) is 5.39. The number of carbonyl (C=O) groups is 1. The lowest BCUT2D eigenvalue weighted by Gasteiger charge is -2.08. The third kappa shape index (κ3) is 2.04. The molecule has 6 heteroatoms. The summed E-state index contributed by atoms with van der Waals surface area (Å²) in [6.07, 6.45) is 0. The molecule has 2 aromatic carbocycles. The van der Waals surface area contributed by atoms with Gasteiger partial charge in [0.05, 0.1) is 18.0 Å². The number of pyridine rings is 1. The number of carbonyl (C=O) groups excluding carboxylic acids is 1. The second-order valence-corrected chi connectivity index (χ2v) is 5.39. The SMILES string of the molecule is COC(=O)COn1c2ccccc2c2c1cc1ccccc1[n+]2[O-]. The topological polar surface area (TPSA) is 67.4 Å². The molecular weight excluding hydrogens is 308 g/mol. The quantitative estimate of drug-likeness (QED) is 0.329. The van der Waals surface area contributed by atoms with Gasteiger partial charge in [-0.05, 0) is 24.3 Å². The molecule has 0 bridgehead atoms. The molecule has 0 unspecified atom stereocenters. The number of fused-ring (bicyclic) bond motifs is 4. The van der Waals surface area contributed by atoms with Crippen LogP contribution in [0.25, 0.3) is 32.8 Å². The number of ether oxygens (including phenoxy) is 1. The molecule has 2 aromatic heterocycles. The van der Waals surface area contributed by atoms with Gasteiger partial charge in [-0.3, -0.25) is 0 Å². The number of esters is 1. The monoisotopic (exact) mass is 322 g/mol. The Labute approximate surface area is 137 Å². The number of methoxy groups -OCH3 is 1. The highest BCUT2D eigenvalue weighted by molar-refractivity contribution is 6.06. The van der Waals surface area contributed by atoms with Crippen LogP contribution in [-0.4, -0.2) is 24.4 Å². The zero-order chi connectivity index (χ0) is 16.7. The third-order valence-electron chi connectivity index (χ3n) is 4.03. The highest BCUT2D eigenvalue weighted by atomic mass is 16.7. The third-order valence-corrected chi connectivity index (χ3v) is 4.03. The molecule has 0 saturated carbocycles. The van der Waals surface area contributed by atoms with Crippen molar-refractivity contribution >= 4 is 38.8 Å². The van der Waals surface area contributed by atoms with Gasteiger partial charge >= 0.3 is 5.97 Å². The maximum Gasteiger partial charge on any atom is 0.346 e. The van der Waals surface area contributed by atoms with Crippen LogP contribution in [0.15, 0.2) is 54.6 Å². The zero-order valence-electron chi connectivity index (χ0n) is 12.9. The van der Waals surface area contributed by atoms with Gasteiger partial charge in [0, 0.05) is 11.5 Å². The summed E-state index contributed by atoms with van der Waals surface area (Å²) in [6, 6.07) is 16.7. The maximum atomic E-state index is 12.9. The first-order chi connectivity index (χ1) is 11.7. The van der Waals surface area contributed by atoms with Gasteiger partial charge in [-0.2, -0.15) is 9.46 Å². The van der Waals surface area contributed by atoms with Crippen LogP contribution in [0.1, 0.15) is 0 Å². The fourth-order valence-corrected chi connectivity index (χ4v) is 2.93. The van der Waals surface area contributed by atoms with Crippen molar-refractivity contribution in [2.45, 2.75) is 0 Å². The summed E-state index contributed by atoms with van der Waals surface area (Å²) >= 11 is 0. The first kappa shape index (κ1) is 14.3. The van der Waals surface area contributed by atoms with Crippen LogP contribution in [-0.2, 0) is 9.53 Å². The van der Waals surface area contributed by atoms with Crippen molar-refractivity contribution in [3.63, 3.8) is 0 Å². The lowest BCUT2D eigenvalue weighted by molar-refractivity contribution is -0.547. The average molecular weight is 322 g/mol. The molecule has 0 aliphatic heterocycles. The van der Waals surface area contributed by atoms with E-state index in [1.807, 2.05) is 48.5 Å². The summed E-state index contributed by atoms with van der Waals surface area (Å²) < 4.78 is 7.05. The first-order valence-electron chi connectivity index (χ1n) is 7.45.